The van der Waals surface area contributed by atoms with Crippen molar-refractivity contribution >= 4 is 22.8 Å². The maximum atomic E-state index is 12.7. The van der Waals surface area contributed by atoms with Crippen LogP contribution in [0.2, 0.25) is 0 Å². The summed E-state index contributed by atoms with van der Waals surface area (Å²) < 4.78 is 5.46. The Morgan fingerprint density at radius 3 is 2.91 bits per heavy atom. The number of carboxylic acids is 1. The summed E-state index contributed by atoms with van der Waals surface area (Å²) in [5, 5.41) is 10.2. The van der Waals surface area contributed by atoms with Crippen LogP contribution in [-0.2, 0) is 4.79 Å². The Morgan fingerprint density at radius 1 is 1.35 bits per heavy atom. The third kappa shape index (κ3) is 3.02. The number of ether oxygens (including phenoxy) is 1. The number of aromatic amines is 1. The van der Waals surface area contributed by atoms with E-state index in [1.807, 2.05) is 25.1 Å². The molecule has 6 heteroatoms. The first-order valence-corrected chi connectivity index (χ1v) is 7.89. The fraction of sp³-hybridized carbons (Fsp3) is 0.412. The molecule has 2 aromatic rings. The van der Waals surface area contributed by atoms with Crippen LogP contribution in [0, 0.1) is 0 Å². The predicted octanol–water partition coefficient (Wildman–Crippen LogP) is 2.65. The molecule has 1 aromatic carbocycles. The lowest BCUT2D eigenvalue weighted by molar-refractivity contribution is -0.143. The molecule has 3 rings (SSSR count). The topological polar surface area (TPSA) is 82.6 Å². The molecule has 1 aromatic heterocycles. The Balaban J connectivity index is 1.89. The molecule has 0 aliphatic carbocycles. The summed E-state index contributed by atoms with van der Waals surface area (Å²) in [6.07, 6.45) is 2.19. The number of amides is 1. The van der Waals surface area contributed by atoms with Gasteiger partial charge in [-0.15, -0.1) is 0 Å². The highest BCUT2D eigenvalue weighted by molar-refractivity contribution is 5.99. The number of H-pyrrole nitrogens is 1. The lowest BCUT2D eigenvalue weighted by atomic mass is 10.0. The maximum absolute atomic E-state index is 12.7. The fourth-order valence-electron chi connectivity index (χ4n) is 3.06. The van der Waals surface area contributed by atoms with Gasteiger partial charge in [-0.25, -0.2) is 4.79 Å². The molecule has 2 N–H and O–H groups in total. The molecule has 0 radical (unpaired) electrons. The average Bonchev–Trinajstić information content (AvgIpc) is 2.97. The van der Waals surface area contributed by atoms with Crippen LogP contribution in [0.3, 0.4) is 0 Å². The van der Waals surface area contributed by atoms with Crippen molar-refractivity contribution < 1.29 is 19.4 Å². The first-order valence-electron chi connectivity index (χ1n) is 7.89. The second-order valence-corrected chi connectivity index (χ2v) is 5.71. The molecule has 1 saturated heterocycles. The lowest BCUT2D eigenvalue weighted by Gasteiger charge is -2.32. The van der Waals surface area contributed by atoms with Gasteiger partial charge in [0.05, 0.1) is 6.61 Å². The standard InChI is InChI=1S/C17H20N2O4/c1-2-23-12-7-6-11-9-14(18-13(11)10-12)16(20)19-8-4-3-5-15(19)17(21)22/h6-7,9-10,15,18H,2-5,8H2,1H3,(H,21,22)/t15-/m1/s1. The molecule has 0 saturated carbocycles. The summed E-state index contributed by atoms with van der Waals surface area (Å²) in [5.41, 5.74) is 1.23. The van der Waals surface area contributed by atoms with Crippen molar-refractivity contribution in [3.8, 4) is 5.75 Å². The molecule has 122 valence electrons. The largest absolute Gasteiger partial charge is 0.494 e. The van der Waals surface area contributed by atoms with Crippen molar-refractivity contribution in [2.24, 2.45) is 0 Å². The van der Waals surface area contributed by atoms with Gasteiger partial charge in [-0.3, -0.25) is 4.79 Å². The van der Waals surface area contributed by atoms with Crippen LogP contribution in [0.4, 0.5) is 0 Å². The molecule has 23 heavy (non-hydrogen) atoms. The van der Waals surface area contributed by atoms with Gasteiger partial charge in [0.15, 0.2) is 0 Å². The zero-order valence-electron chi connectivity index (χ0n) is 13.0. The molecule has 1 aliphatic heterocycles. The van der Waals surface area contributed by atoms with Crippen molar-refractivity contribution in [2.75, 3.05) is 13.2 Å². The number of rotatable bonds is 4. The molecule has 2 heterocycles. The number of carbonyl (C=O) groups excluding carboxylic acids is 1. The van der Waals surface area contributed by atoms with Crippen LogP contribution in [-0.4, -0.2) is 46.1 Å². The van der Waals surface area contributed by atoms with Crippen LogP contribution < -0.4 is 4.74 Å². The number of aromatic nitrogens is 1. The van der Waals surface area contributed by atoms with E-state index in [0.29, 0.717) is 25.3 Å². The zero-order chi connectivity index (χ0) is 16.4. The second-order valence-electron chi connectivity index (χ2n) is 5.71. The van der Waals surface area contributed by atoms with Crippen LogP contribution >= 0.6 is 0 Å². The number of likely N-dealkylation sites (tertiary alicyclic amines) is 1. The maximum Gasteiger partial charge on any atom is 0.326 e. The van der Waals surface area contributed by atoms with Crippen molar-refractivity contribution in [1.29, 1.82) is 0 Å². The Labute approximate surface area is 134 Å². The quantitative estimate of drug-likeness (QED) is 0.908. The van der Waals surface area contributed by atoms with E-state index in [-0.39, 0.29) is 5.91 Å². The number of carboxylic acid groups (broad SMARTS) is 1. The highest BCUT2D eigenvalue weighted by Gasteiger charge is 2.33. The van der Waals surface area contributed by atoms with E-state index in [2.05, 4.69) is 4.98 Å². The normalized spacial score (nSPS) is 18.1. The predicted molar refractivity (Wildman–Crippen MR) is 85.8 cm³/mol. The Hall–Kier alpha value is -2.50. The summed E-state index contributed by atoms with van der Waals surface area (Å²) in [6, 6.07) is 6.62. The number of hydrogen-bond donors (Lipinski definition) is 2. The number of nitrogens with one attached hydrogen (secondary N) is 1. The Kier molecular flexibility index (Phi) is 4.23. The van der Waals surface area contributed by atoms with Crippen LogP contribution in [0.1, 0.15) is 36.7 Å². The van der Waals surface area contributed by atoms with Crippen molar-refractivity contribution in [2.45, 2.75) is 32.2 Å². The zero-order valence-corrected chi connectivity index (χ0v) is 13.0. The molecular formula is C17H20N2O4. The van der Waals surface area contributed by atoms with Gasteiger partial charge in [0.1, 0.15) is 17.5 Å². The molecule has 1 amide bonds. The summed E-state index contributed by atoms with van der Waals surface area (Å²) in [6.45, 7) is 2.97. The van der Waals surface area contributed by atoms with Gasteiger partial charge in [0, 0.05) is 23.5 Å². The summed E-state index contributed by atoms with van der Waals surface area (Å²) in [4.78, 5) is 28.6. The number of hydrogen-bond acceptors (Lipinski definition) is 3. The summed E-state index contributed by atoms with van der Waals surface area (Å²) in [7, 11) is 0. The molecule has 0 spiro atoms. The van der Waals surface area contributed by atoms with Crippen molar-refractivity contribution in [3.63, 3.8) is 0 Å². The van der Waals surface area contributed by atoms with Gasteiger partial charge in [-0.05, 0) is 44.4 Å². The van der Waals surface area contributed by atoms with Gasteiger partial charge in [-0.1, -0.05) is 0 Å². The van der Waals surface area contributed by atoms with Crippen LogP contribution in [0.15, 0.2) is 24.3 Å². The van der Waals surface area contributed by atoms with Gasteiger partial charge >= 0.3 is 5.97 Å². The Bertz CT molecular complexity index is 737. The van der Waals surface area contributed by atoms with Gasteiger partial charge < -0.3 is 19.7 Å². The van der Waals surface area contributed by atoms with Gasteiger partial charge in [-0.2, -0.15) is 0 Å². The first-order chi connectivity index (χ1) is 11.1. The van der Waals surface area contributed by atoms with E-state index >= 15 is 0 Å². The number of nitrogens with zero attached hydrogens (tertiary/aromatic N) is 1. The minimum Gasteiger partial charge on any atom is -0.494 e. The van der Waals surface area contributed by atoms with E-state index < -0.39 is 12.0 Å². The van der Waals surface area contributed by atoms with Crippen molar-refractivity contribution in [1.82, 2.24) is 9.88 Å². The molecule has 1 fully saturated rings. The van der Waals surface area contributed by atoms with Crippen LogP contribution in [0.25, 0.3) is 10.9 Å². The number of fused-ring (bicyclic) bond motifs is 1. The number of benzene rings is 1. The third-order valence-corrected chi connectivity index (χ3v) is 4.18. The van der Waals surface area contributed by atoms with E-state index in [4.69, 9.17) is 4.74 Å². The van der Waals surface area contributed by atoms with E-state index in [9.17, 15) is 14.7 Å². The molecule has 1 aliphatic rings. The third-order valence-electron chi connectivity index (χ3n) is 4.18. The second kappa shape index (κ2) is 6.32. The monoisotopic (exact) mass is 316 g/mol. The SMILES string of the molecule is CCOc1ccc2cc(C(=O)N3CCCC[C@@H]3C(=O)O)[nH]c2c1. The number of piperidine rings is 1. The Morgan fingerprint density at radius 2 is 2.17 bits per heavy atom. The van der Waals surface area contributed by atoms with Gasteiger partial charge in [0.2, 0.25) is 0 Å². The van der Waals surface area contributed by atoms with E-state index in [1.54, 1.807) is 6.07 Å². The molecule has 6 nitrogen and oxygen atoms in total. The summed E-state index contributed by atoms with van der Waals surface area (Å²) in [5.74, 6) is -0.457. The number of aliphatic carboxylic acids is 1. The minimum atomic E-state index is -0.937. The fourth-order valence-corrected chi connectivity index (χ4v) is 3.06. The number of carbonyl (C=O) groups is 2. The minimum absolute atomic E-state index is 0.258. The smallest absolute Gasteiger partial charge is 0.326 e. The summed E-state index contributed by atoms with van der Waals surface area (Å²) >= 11 is 0. The van der Waals surface area contributed by atoms with Crippen LogP contribution in [0.5, 0.6) is 5.75 Å². The molecular weight excluding hydrogens is 296 g/mol. The molecule has 1 atom stereocenters. The highest BCUT2D eigenvalue weighted by atomic mass is 16.5. The van der Waals surface area contributed by atoms with E-state index in [0.717, 1.165) is 29.5 Å². The molecule has 0 unspecified atom stereocenters. The highest BCUT2D eigenvalue weighted by Crippen LogP contribution is 2.24. The first kappa shape index (κ1) is 15.4. The average molecular weight is 316 g/mol. The van der Waals surface area contributed by atoms with E-state index in [1.165, 1.54) is 4.90 Å². The lowest BCUT2D eigenvalue weighted by Crippen LogP contribution is -2.48. The van der Waals surface area contributed by atoms with Gasteiger partial charge in [0.25, 0.3) is 5.91 Å². The molecule has 0 bridgehead atoms. The van der Waals surface area contributed by atoms with Crippen molar-refractivity contribution in [3.05, 3.63) is 30.0 Å².